The summed E-state index contributed by atoms with van der Waals surface area (Å²) in [6.07, 6.45) is -5.36. The third-order valence-corrected chi connectivity index (χ3v) is 5.28. The number of nitrogens with zero attached hydrogens (tertiary/aromatic N) is 1. The SMILES string of the molecule is CC(C)(CC(O)(CN1CCNc2ccccc21)C(F)(F)F)c1ccc(F)cc1. The molecule has 0 bridgehead atoms. The van der Waals surface area contributed by atoms with E-state index in [4.69, 9.17) is 0 Å². The highest BCUT2D eigenvalue weighted by Gasteiger charge is 2.56. The standard InChI is InChI=1S/C21H24F4N2O/c1-19(2,15-7-9-16(22)10-8-15)13-20(28,21(23,24)25)14-27-12-11-26-17-5-3-4-6-18(17)27/h3-10,26,28H,11-14H2,1-2H3. The number of benzene rings is 2. The number of hydrogen-bond donors (Lipinski definition) is 2. The fourth-order valence-electron chi connectivity index (χ4n) is 3.80. The van der Waals surface area contributed by atoms with E-state index in [9.17, 15) is 22.7 Å². The lowest BCUT2D eigenvalue weighted by molar-refractivity contribution is -0.262. The maximum absolute atomic E-state index is 14.0. The van der Waals surface area contributed by atoms with Gasteiger partial charge in [-0.15, -0.1) is 0 Å². The Hall–Kier alpha value is -2.28. The molecule has 1 aliphatic rings. The third-order valence-electron chi connectivity index (χ3n) is 5.28. The molecule has 1 aliphatic heterocycles. The third kappa shape index (κ3) is 4.09. The Kier molecular flexibility index (Phi) is 5.32. The number of hydrogen-bond acceptors (Lipinski definition) is 3. The molecule has 0 aliphatic carbocycles. The van der Waals surface area contributed by atoms with Crippen LogP contribution in [-0.4, -0.2) is 36.5 Å². The zero-order chi connectivity index (χ0) is 20.6. The van der Waals surface area contributed by atoms with Crippen LogP contribution >= 0.6 is 0 Å². The smallest absolute Gasteiger partial charge is 0.382 e. The number of alkyl halides is 3. The largest absolute Gasteiger partial charge is 0.418 e. The average Bonchev–Trinajstić information content (AvgIpc) is 2.61. The van der Waals surface area contributed by atoms with E-state index in [0.29, 0.717) is 24.3 Å². The molecule has 1 atom stereocenters. The first-order chi connectivity index (χ1) is 13.0. The first kappa shape index (κ1) is 20.5. The van der Waals surface area contributed by atoms with Gasteiger partial charge in [0.25, 0.3) is 0 Å². The molecule has 1 heterocycles. The summed E-state index contributed by atoms with van der Waals surface area (Å²) >= 11 is 0. The molecule has 0 fully saturated rings. The van der Waals surface area contributed by atoms with Crippen LogP contribution in [0.3, 0.4) is 0 Å². The second kappa shape index (κ2) is 7.28. The van der Waals surface area contributed by atoms with Crippen LogP contribution in [0.5, 0.6) is 0 Å². The Balaban J connectivity index is 1.90. The molecule has 3 rings (SSSR count). The summed E-state index contributed by atoms with van der Waals surface area (Å²) in [6, 6.07) is 12.5. The molecule has 7 heteroatoms. The number of para-hydroxylation sites is 2. The van der Waals surface area contributed by atoms with E-state index in [0.717, 1.165) is 5.69 Å². The van der Waals surface area contributed by atoms with E-state index in [1.807, 2.05) is 6.07 Å². The maximum Gasteiger partial charge on any atom is 0.418 e. The quantitative estimate of drug-likeness (QED) is 0.718. The Morgan fingerprint density at radius 3 is 2.32 bits per heavy atom. The van der Waals surface area contributed by atoms with Gasteiger partial charge in [0.15, 0.2) is 5.60 Å². The molecule has 2 aromatic rings. The summed E-state index contributed by atoms with van der Waals surface area (Å²) < 4.78 is 55.2. The lowest BCUT2D eigenvalue weighted by Gasteiger charge is -2.43. The van der Waals surface area contributed by atoms with Crippen molar-refractivity contribution >= 4 is 11.4 Å². The van der Waals surface area contributed by atoms with E-state index in [-0.39, 0.29) is 0 Å². The monoisotopic (exact) mass is 396 g/mol. The van der Waals surface area contributed by atoms with E-state index in [1.165, 1.54) is 24.3 Å². The summed E-state index contributed by atoms with van der Waals surface area (Å²) in [6.45, 7) is 3.53. The van der Waals surface area contributed by atoms with Gasteiger partial charge in [-0.05, 0) is 41.7 Å². The Labute approximate surface area is 162 Å². The minimum atomic E-state index is -4.82. The molecule has 0 spiro atoms. The van der Waals surface area contributed by atoms with Crippen LogP contribution in [0.4, 0.5) is 28.9 Å². The maximum atomic E-state index is 14.0. The molecule has 1 unspecified atom stereocenters. The van der Waals surface area contributed by atoms with Gasteiger partial charge >= 0.3 is 6.18 Å². The first-order valence-electron chi connectivity index (χ1n) is 9.15. The first-order valence-corrected chi connectivity index (χ1v) is 9.15. The topological polar surface area (TPSA) is 35.5 Å². The van der Waals surface area contributed by atoms with Crippen molar-refractivity contribution in [1.29, 1.82) is 0 Å². The van der Waals surface area contributed by atoms with Gasteiger partial charge in [-0.3, -0.25) is 0 Å². The summed E-state index contributed by atoms with van der Waals surface area (Å²) in [5.74, 6) is -0.456. The molecule has 2 N–H and O–H groups in total. The number of fused-ring (bicyclic) bond motifs is 1. The van der Waals surface area contributed by atoms with Crippen LogP contribution in [0.25, 0.3) is 0 Å². The van der Waals surface area contributed by atoms with Crippen molar-refractivity contribution in [2.75, 3.05) is 29.9 Å². The van der Waals surface area contributed by atoms with Crippen LogP contribution in [0.15, 0.2) is 48.5 Å². The van der Waals surface area contributed by atoms with E-state index < -0.39 is 36.0 Å². The fraction of sp³-hybridized carbons (Fsp3) is 0.429. The van der Waals surface area contributed by atoms with Crippen LogP contribution in [0, 0.1) is 5.82 Å². The molecular weight excluding hydrogens is 372 g/mol. The van der Waals surface area contributed by atoms with Gasteiger partial charge in [0.05, 0.1) is 17.9 Å². The molecule has 152 valence electrons. The Bertz CT molecular complexity index is 820. The minimum Gasteiger partial charge on any atom is -0.382 e. The predicted molar refractivity (Wildman–Crippen MR) is 102 cm³/mol. The number of rotatable bonds is 5. The zero-order valence-corrected chi connectivity index (χ0v) is 15.9. The average molecular weight is 396 g/mol. The minimum absolute atomic E-state index is 0.354. The van der Waals surface area contributed by atoms with Crippen LogP contribution < -0.4 is 10.2 Å². The fourth-order valence-corrected chi connectivity index (χ4v) is 3.80. The number of anilines is 2. The van der Waals surface area contributed by atoms with Gasteiger partial charge in [-0.2, -0.15) is 13.2 Å². The van der Waals surface area contributed by atoms with Gasteiger partial charge in [0, 0.05) is 13.1 Å². The van der Waals surface area contributed by atoms with Crippen molar-refractivity contribution in [2.24, 2.45) is 0 Å². The highest BCUT2D eigenvalue weighted by Crippen LogP contribution is 2.43. The Morgan fingerprint density at radius 2 is 1.68 bits per heavy atom. The lowest BCUT2D eigenvalue weighted by atomic mass is 9.74. The zero-order valence-electron chi connectivity index (χ0n) is 15.9. The molecule has 0 aromatic heterocycles. The Morgan fingerprint density at radius 1 is 1.04 bits per heavy atom. The predicted octanol–water partition coefficient (Wildman–Crippen LogP) is 4.72. The van der Waals surface area contributed by atoms with Crippen molar-refractivity contribution < 1.29 is 22.7 Å². The molecule has 0 saturated heterocycles. The molecule has 0 saturated carbocycles. The van der Waals surface area contributed by atoms with Crippen molar-refractivity contribution in [1.82, 2.24) is 0 Å². The number of β-amino-alcohol motifs (C(OH)–C–C–N with tert-alkyl or cyclic N) is 1. The normalized spacial score (nSPS) is 16.9. The molecular formula is C21H24F4N2O. The summed E-state index contributed by atoms with van der Waals surface area (Å²) in [7, 11) is 0. The number of nitrogens with one attached hydrogen (secondary N) is 1. The highest BCUT2D eigenvalue weighted by molar-refractivity contribution is 5.72. The van der Waals surface area contributed by atoms with Crippen LogP contribution in [-0.2, 0) is 5.41 Å². The lowest BCUT2D eigenvalue weighted by Crippen LogP contribution is -2.57. The van der Waals surface area contributed by atoms with Gasteiger partial charge in [-0.1, -0.05) is 38.1 Å². The van der Waals surface area contributed by atoms with Gasteiger partial charge in [0.1, 0.15) is 5.82 Å². The van der Waals surface area contributed by atoms with Crippen molar-refractivity contribution in [3.8, 4) is 0 Å². The molecule has 28 heavy (non-hydrogen) atoms. The molecule has 2 aromatic carbocycles. The van der Waals surface area contributed by atoms with E-state index >= 15 is 0 Å². The van der Waals surface area contributed by atoms with Crippen LogP contribution in [0.2, 0.25) is 0 Å². The van der Waals surface area contributed by atoms with Crippen molar-refractivity contribution in [3.63, 3.8) is 0 Å². The summed E-state index contributed by atoms with van der Waals surface area (Å²) in [5, 5.41) is 14.0. The molecule has 0 amide bonds. The van der Waals surface area contributed by atoms with Gasteiger partial charge in [0.2, 0.25) is 0 Å². The van der Waals surface area contributed by atoms with Gasteiger partial charge < -0.3 is 15.3 Å². The summed E-state index contributed by atoms with van der Waals surface area (Å²) in [5.41, 5.74) is -2.01. The summed E-state index contributed by atoms with van der Waals surface area (Å²) in [4.78, 5) is 1.57. The second-order valence-corrected chi connectivity index (χ2v) is 7.96. The van der Waals surface area contributed by atoms with Crippen molar-refractivity contribution in [3.05, 3.63) is 59.9 Å². The van der Waals surface area contributed by atoms with E-state index in [1.54, 1.807) is 36.9 Å². The number of halogens is 4. The van der Waals surface area contributed by atoms with Crippen molar-refractivity contribution in [2.45, 2.75) is 37.5 Å². The highest BCUT2D eigenvalue weighted by atomic mass is 19.4. The van der Waals surface area contributed by atoms with E-state index in [2.05, 4.69) is 5.32 Å². The second-order valence-electron chi connectivity index (χ2n) is 7.96. The molecule has 0 radical (unpaired) electrons. The van der Waals surface area contributed by atoms with Crippen LogP contribution in [0.1, 0.15) is 25.8 Å². The van der Waals surface area contributed by atoms with Gasteiger partial charge in [-0.25, -0.2) is 4.39 Å². The number of aliphatic hydroxyl groups is 1. The molecule has 3 nitrogen and oxygen atoms in total.